The Morgan fingerprint density at radius 1 is 1.35 bits per heavy atom. The molecule has 1 atom stereocenters. The highest BCUT2D eigenvalue weighted by Crippen LogP contribution is 2.35. The Hall–Kier alpha value is -1.11. The molecule has 1 aromatic heterocycles. The van der Waals surface area contributed by atoms with E-state index in [9.17, 15) is 9.59 Å². The quantitative estimate of drug-likeness (QED) is 0.625. The first kappa shape index (κ1) is 15.3. The van der Waals surface area contributed by atoms with Gasteiger partial charge in [-0.25, -0.2) is 4.79 Å². The lowest BCUT2D eigenvalue weighted by atomic mass is 10.0. The lowest BCUT2D eigenvalue weighted by molar-refractivity contribution is -0.131. The van der Waals surface area contributed by atoms with Crippen LogP contribution in [0.5, 0.6) is 0 Å². The number of urea groups is 1. The van der Waals surface area contributed by atoms with Gasteiger partial charge in [-0.3, -0.25) is 9.69 Å². The fourth-order valence-electron chi connectivity index (χ4n) is 2.21. The number of unbranched alkanes of at least 4 members (excludes halogenated alkanes) is 2. The summed E-state index contributed by atoms with van der Waals surface area (Å²) in [5.74, 6) is -0.245. The summed E-state index contributed by atoms with van der Waals surface area (Å²) in [5.41, 5.74) is -1.02. The number of nitrogens with one attached hydrogen (secondary N) is 1. The van der Waals surface area contributed by atoms with E-state index in [1.165, 1.54) is 16.2 Å². The van der Waals surface area contributed by atoms with Gasteiger partial charge in [-0.2, -0.15) is 0 Å². The number of hydrogen-bond donors (Lipinski definition) is 2. The van der Waals surface area contributed by atoms with Gasteiger partial charge in [-0.05, 0) is 38.3 Å². The Morgan fingerprint density at radius 2 is 2.10 bits per heavy atom. The van der Waals surface area contributed by atoms with Gasteiger partial charge in [0.1, 0.15) is 0 Å². The molecule has 7 heteroatoms. The first-order valence-corrected chi connectivity index (χ1v) is 7.69. The molecule has 0 saturated carbocycles. The first-order valence-electron chi connectivity index (χ1n) is 6.50. The summed E-state index contributed by atoms with van der Waals surface area (Å²) in [5, 5.41) is 11.5. The van der Waals surface area contributed by atoms with Crippen LogP contribution in [-0.4, -0.2) is 35.1 Å². The van der Waals surface area contributed by atoms with Crippen LogP contribution in [0.15, 0.2) is 12.1 Å². The van der Waals surface area contributed by atoms with Crippen molar-refractivity contribution in [1.29, 1.82) is 0 Å². The van der Waals surface area contributed by atoms with Crippen LogP contribution < -0.4 is 5.32 Å². The van der Waals surface area contributed by atoms with Gasteiger partial charge in [0.2, 0.25) is 0 Å². The van der Waals surface area contributed by atoms with Gasteiger partial charge < -0.3 is 10.4 Å². The van der Waals surface area contributed by atoms with Crippen molar-refractivity contribution in [1.82, 2.24) is 10.2 Å². The summed E-state index contributed by atoms with van der Waals surface area (Å²) in [6.07, 6.45) is 2.16. The molecule has 0 aliphatic carbocycles. The number of carbonyl (C=O) groups excluding carboxylic acids is 2. The van der Waals surface area contributed by atoms with Crippen molar-refractivity contribution in [3.63, 3.8) is 0 Å². The number of aliphatic hydroxyl groups excluding tert-OH is 1. The van der Waals surface area contributed by atoms with Gasteiger partial charge in [0.15, 0.2) is 5.54 Å². The number of thiophene rings is 1. The third kappa shape index (κ3) is 2.82. The Balaban J connectivity index is 2.08. The number of nitrogens with zero attached hydrogens (tertiary/aromatic N) is 1. The maximum atomic E-state index is 12.5. The molecule has 2 N–H and O–H groups in total. The van der Waals surface area contributed by atoms with Crippen molar-refractivity contribution in [2.75, 3.05) is 13.2 Å². The van der Waals surface area contributed by atoms with Crippen LogP contribution in [0, 0.1) is 0 Å². The highest BCUT2D eigenvalue weighted by molar-refractivity contribution is 7.16. The molecule has 1 aromatic rings. The number of aliphatic hydroxyl groups is 1. The number of halogens is 1. The standard InChI is InChI=1S/C13H17ClN2O3S/c1-13(9-5-6-10(14)20-9)11(18)16(12(19)15-13)7-3-2-4-8-17/h5-6,17H,2-4,7-8H2,1H3,(H,15,19). The van der Waals surface area contributed by atoms with E-state index in [1.807, 2.05) is 0 Å². The summed E-state index contributed by atoms with van der Waals surface area (Å²) in [4.78, 5) is 26.4. The van der Waals surface area contributed by atoms with E-state index in [2.05, 4.69) is 5.32 Å². The molecule has 20 heavy (non-hydrogen) atoms. The zero-order valence-corrected chi connectivity index (χ0v) is 12.8. The average molecular weight is 317 g/mol. The molecule has 2 rings (SSSR count). The second kappa shape index (κ2) is 6.11. The van der Waals surface area contributed by atoms with Gasteiger partial charge in [0, 0.05) is 18.0 Å². The molecule has 2 heterocycles. The smallest absolute Gasteiger partial charge is 0.325 e. The van der Waals surface area contributed by atoms with E-state index in [-0.39, 0.29) is 18.5 Å². The predicted octanol–water partition coefficient (Wildman–Crippen LogP) is 2.33. The molecule has 5 nitrogen and oxygen atoms in total. The third-order valence-corrected chi connectivity index (χ3v) is 4.83. The summed E-state index contributed by atoms with van der Waals surface area (Å²) in [6.45, 7) is 2.20. The molecule has 0 radical (unpaired) electrons. The maximum Gasteiger partial charge on any atom is 0.325 e. The fourth-order valence-corrected chi connectivity index (χ4v) is 3.35. The number of amides is 3. The topological polar surface area (TPSA) is 69.6 Å². The summed E-state index contributed by atoms with van der Waals surface area (Å²) in [6, 6.07) is 3.11. The van der Waals surface area contributed by atoms with Crippen LogP contribution in [0.4, 0.5) is 4.79 Å². The van der Waals surface area contributed by atoms with Crippen LogP contribution in [0.25, 0.3) is 0 Å². The number of imide groups is 1. The highest BCUT2D eigenvalue weighted by atomic mass is 35.5. The van der Waals surface area contributed by atoms with Gasteiger partial charge in [-0.15, -0.1) is 11.3 Å². The van der Waals surface area contributed by atoms with Gasteiger partial charge in [0.25, 0.3) is 5.91 Å². The highest BCUT2D eigenvalue weighted by Gasteiger charge is 2.49. The van der Waals surface area contributed by atoms with Gasteiger partial charge in [0.05, 0.1) is 4.34 Å². The number of hydrogen-bond acceptors (Lipinski definition) is 4. The van der Waals surface area contributed by atoms with Gasteiger partial charge in [-0.1, -0.05) is 11.6 Å². The van der Waals surface area contributed by atoms with Crippen LogP contribution in [0.2, 0.25) is 4.34 Å². The molecule has 0 aromatic carbocycles. The van der Waals surface area contributed by atoms with Crippen molar-refractivity contribution in [2.24, 2.45) is 0 Å². The second-order valence-electron chi connectivity index (χ2n) is 4.90. The third-order valence-electron chi connectivity index (χ3n) is 3.38. The molecule has 1 aliphatic heterocycles. The van der Waals surface area contributed by atoms with Crippen LogP contribution in [0.1, 0.15) is 31.1 Å². The Kier molecular flexibility index (Phi) is 4.67. The van der Waals surface area contributed by atoms with Crippen molar-refractivity contribution < 1.29 is 14.7 Å². The number of carbonyl (C=O) groups is 2. The molecular formula is C13H17ClN2O3S. The second-order valence-corrected chi connectivity index (χ2v) is 6.62. The van der Waals surface area contributed by atoms with Gasteiger partial charge >= 0.3 is 6.03 Å². The first-order chi connectivity index (χ1) is 9.49. The lowest BCUT2D eigenvalue weighted by Gasteiger charge is -2.20. The normalized spacial score (nSPS) is 22.4. The van der Waals surface area contributed by atoms with Crippen LogP contribution in [0.3, 0.4) is 0 Å². The SMILES string of the molecule is CC1(c2ccc(Cl)s2)NC(=O)N(CCCCCO)C1=O. The van der Waals surface area contributed by atoms with Crippen molar-refractivity contribution in [3.8, 4) is 0 Å². The molecule has 0 bridgehead atoms. The molecule has 1 aliphatic rings. The monoisotopic (exact) mass is 316 g/mol. The molecular weight excluding hydrogens is 300 g/mol. The predicted molar refractivity (Wildman–Crippen MR) is 77.9 cm³/mol. The fraction of sp³-hybridized carbons (Fsp3) is 0.538. The number of rotatable bonds is 6. The largest absolute Gasteiger partial charge is 0.396 e. The summed E-state index contributed by atoms with van der Waals surface area (Å²) >= 11 is 7.19. The Bertz CT molecular complexity index is 519. The molecule has 110 valence electrons. The van der Waals surface area contributed by atoms with Crippen LogP contribution >= 0.6 is 22.9 Å². The van der Waals surface area contributed by atoms with E-state index in [0.717, 1.165) is 11.3 Å². The van der Waals surface area contributed by atoms with Crippen LogP contribution in [-0.2, 0) is 10.3 Å². The van der Waals surface area contributed by atoms with E-state index < -0.39 is 5.54 Å². The average Bonchev–Trinajstić information content (AvgIpc) is 2.92. The van der Waals surface area contributed by atoms with E-state index >= 15 is 0 Å². The zero-order valence-electron chi connectivity index (χ0n) is 11.2. The molecule has 3 amide bonds. The summed E-state index contributed by atoms with van der Waals surface area (Å²) in [7, 11) is 0. The lowest BCUT2D eigenvalue weighted by Crippen LogP contribution is -2.40. The molecule has 1 saturated heterocycles. The minimum atomic E-state index is -1.02. The van der Waals surface area contributed by atoms with E-state index in [0.29, 0.717) is 23.7 Å². The van der Waals surface area contributed by atoms with E-state index in [4.69, 9.17) is 16.7 Å². The minimum Gasteiger partial charge on any atom is -0.396 e. The maximum absolute atomic E-state index is 12.5. The Labute approximate surface area is 126 Å². The summed E-state index contributed by atoms with van der Waals surface area (Å²) < 4.78 is 0.588. The minimum absolute atomic E-state index is 0.131. The molecule has 1 fully saturated rings. The Morgan fingerprint density at radius 3 is 2.70 bits per heavy atom. The van der Waals surface area contributed by atoms with E-state index in [1.54, 1.807) is 19.1 Å². The molecule has 1 unspecified atom stereocenters. The van der Waals surface area contributed by atoms with Crippen molar-refractivity contribution in [3.05, 3.63) is 21.3 Å². The van der Waals surface area contributed by atoms with Crippen molar-refractivity contribution >= 4 is 34.9 Å². The van der Waals surface area contributed by atoms with Crippen molar-refractivity contribution in [2.45, 2.75) is 31.7 Å². The zero-order chi connectivity index (χ0) is 14.8. The molecule has 0 spiro atoms.